The summed E-state index contributed by atoms with van der Waals surface area (Å²) in [5, 5.41) is 0.434. The van der Waals surface area contributed by atoms with E-state index in [4.69, 9.17) is 4.84 Å². The standard InChI is InChI=1S/C23H16N2O5/c26-20(30-25-22(28)18-13-7-8-14-19(18)23(25)29)15-24(17-11-5-2-6-12-17)21(27)16-9-3-1-4-10-16/h1-14H,15H2. The van der Waals surface area contributed by atoms with Crippen LogP contribution in [0.1, 0.15) is 31.1 Å². The van der Waals surface area contributed by atoms with Crippen molar-refractivity contribution in [2.45, 2.75) is 0 Å². The Labute approximate surface area is 172 Å². The minimum atomic E-state index is -0.919. The second-order valence-corrected chi connectivity index (χ2v) is 6.51. The molecule has 148 valence electrons. The van der Waals surface area contributed by atoms with E-state index in [9.17, 15) is 19.2 Å². The van der Waals surface area contributed by atoms with Gasteiger partial charge in [-0.15, -0.1) is 0 Å². The molecule has 0 aliphatic carbocycles. The molecule has 0 saturated heterocycles. The molecule has 30 heavy (non-hydrogen) atoms. The Morgan fingerprint density at radius 2 is 1.23 bits per heavy atom. The molecule has 0 bridgehead atoms. The predicted molar refractivity (Wildman–Crippen MR) is 108 cm³/mol. The molecule has 7 heteroatoms. The van der Waals surface area contributed by atoms with Crippen molar-refractivity contribution >= 4 is 29.4 Å². The van der Waals surface area contributed by atoms with Gasteiger partial charge in [0.15, 0.2) is 0 Å². The van der Waals surface area contributed by atoms with Gasteiger partial charge in [-0.2, -0.15) is 0 Å². The Morgan fingerprint density at radius 1 is 0.733 bits per heavy atom. The first-order valence-electron chi connectivity index (χ1n) is 9.17. The topological polar surface area (TPSA) is 84.0 Å². The fraction of sp³-hybridized carbons (Fsp3) is 0.0435. The number of amides is 3. The van der Waals surface area contributed by atoms with Crippen LogP contribution < -0.4 is 4.90 Å². The van der Waals surface area contributed by atoms with Crippen LogP contribution >= 0.6 is 0 Å². The molecule has 3 aromatic carbocycles. The first-order valence-corrected chi connectivity index (χ1v) is 9.17. The summed E-state index contributed by atoms with van der Waals surface area (Å²) < 4.78 is 0. The van der Waals surface area contributed by atoms with Crippen LogP contribution in [0.2, 0.25) is 0 Å². The summed E-state index contributed by atoms with van der Waals surface area (Å²) in [4.78, 5) is 56.7. The molecule has 0 N–H and O–H groups in total. The highest BCUT2D eigenvalue weighted by Gasteiger charge is 2.39. The number of carbonyl (C=O) groups is 4. The maximum Gasteiger partial charge on any atom is 0.352 e. The van der Waals surface area contributed by atoms with Crippen molar-refractivity contribution in [3.63, 3.8) is 0 Å². The number of hydrogen-bond acceptors (Lipinski definition) is 5. The maximum absolute atomic E-state index is 13.0. The van der Waals surface area contributed by atoms with Crippen molar-refractivity contribution in [3.8, 4) is 0 Å². The summed E-state index contributed by atoms with van der Waals surface area (Å²) in [5.74, 6) is -2.77. The monoisotopic (exact) mass is 400 g/mol. The molecule has 1 aliphatic heterocycles. The predicted octanol–water partition coefficient (Wildman–Crippen LogP) is 3.09. The van der Waals surface area contributed by atoms with Gasteiger partial charge in [0.25, 0.3) is 17.7 Å². The maximum atomic E-state index is 13.0. The van der Waals surface area contributed by atoms with Crippen molar-refractivity contribution in [2.75, 3.05) is 11.4 Å². The van der Waals surface area contributed by atoms with Gasteiger partial charge in [-0.1, -0.05) is 53.6 Å². The molecule has 0 fully saturated rings. The zero-order chi connectivity index (χ0) is 21.1. The number of carbonyl (C=O) groups excluding carboxylic acids is 4. The Kier molecular flexibility index (Phi) is 5.09. The number of fused-ring (bicyclic) bond motifs is 1. The molecule has 1 heterocycles. The zero-order valence-electron chi connectivity index (χ0n) is 15.7. The Balaban J connectivity index is 1.55. The van der Waals surface area contributed by atoms with E-state index < -0.39 is 30.2 Å². The van der Waals surface area contributed by atoms with Gasteiger partial charge in [0.1, 0.15) is 6.54 Å². The lowest BCUT2D eigenvalue weighted by molar-refractivity contribution is -0.166. The number of rotatable bonds is 5. The lowest BCUT2D eigenvalue weighted by Crippen LogP contribution is -2.40. The molecular weight excluding hydrogens is 384 g/mol. The third kappa shape index (κ3) is 3.56. The third-order valence-electron chi connectivity index (χ3n) is 4.57. The van der Waals surface area contributed by atoms with Crippen molar-refractivity contribution < 1.29 is 24.0 Å². The smallest absolute Gasteiger partial charge is 0.328 e. The molecule has 7 nitrogen and oxygen atoms in total. The van der Waals surface area contributed by atoms with Crippen LogP contribution in [0.5, 0.6) is 0 Å². The van der Waals surface area contributed by atoms with Crippen LogP contribution in [0.3, 0.4) is 0 Å². The van der Waals surface area contributed by atoms with Gasteiger partial charge in [-0.05, 0) is 36.4 Å². The van der Waals surface area contributed by atoms with E-state index in [-0.39, 0.29) is 11.1 Å². The second-order valence-electron chi connectivity index (χ2n) is 6.51. The van der Waals surface area contributed by atoms with E-state index in [1.54, 1.807) is 72.8 Å². The van der Waals surface area contributed by atoms with Crippen LogP contribution in [0.4, 0.5) is 5.69 Å². The molecule has 0 radical (unpaired) electrons. The molecule has 0 spiro atoms. The van der Waals surface area contributed by atoms with Crippen molar-refractivity contribution in [1.82, 2.24) is 5.06 Å². The average molecular weight is 400 g/mol. The lowest BCUT2D eigenvalue weighted by Gasteiger charge is -2.23. The summed E-state index contributed by atoms with van der Waals surface area (Å²) in [7, 11) is 0. The van der Waals surface area contributed by atoms with Gasteiger partial charge in [-0.3, -0.25) is 19.3 Å². The summed E-state index contributed by atoms with van der Waals surface area (Å²) in [5.41, 5.74) is 1.19. The summed E-state index contributed by atoms with van der Waals surface area (Å²) >= 11 is 0. The van der Waals surface area contributed by atoms with Crippen LogP contribution in [0.25, 0.3) is 0 Å². The molecule has 1 aliphatic rings. The minimum absolute atomic E-state index is 0.163. The first-order chi connectivity index (χ1) is 14.6. The number of anilines is 1. The van der Waals surface area contributed by atoms with Gasteiger partial charge in [0, 0.05) is 11.3 Å². The molecule has 0 aromatic heterocycles. The Bertz CT molecular complexity index is 1090. The normalized spacial score (nSPS) is 12.5. The molecular formula is C23H16N2O5. The van der Waals surface area contributed by atoms with Crippen LogP contribution in [-0.2, 0) is 9.63 Å². The number of hydrogen-bond donors (Lipinski definition) is 0. The highest BCUT2D eigenvalue weighted by molar-refractivity contribution is 6.21. The van der Waals surface area contributed by atoms with Crippen molar-refractivity contribution in [1.29, 1.82) is 0 Å². The number of imide groups is 1. The van der Waals surface area contributed by atoms with Gasteiger partial charge in [0.2, 0.25) is 0 Å². The van der Waals surface area contributed by atoms with Gasteiger partial charge in [-0.25, -0.2) is 4.79 Å². The van der Waals surface area contributed by atoms with Crippen molar-refractivity contribution in [3.05, 3.63) is 102 Å². The van der Waals surface area contributed by atoms with E-state index in [0.717, 1.165) is 0 Å². The summed E-state index contributed by atoms with van der Waals surface area (Å²) in [6, 6.07) is 23.3. The van der Waals surface area contributed by atoms with Crippen LogP contribution in [0.15, 0.2) is 84.9 Å². The van der Waals surface area contributed by atoms with Gasteiger partial charge < -0.3 is 4.84 Å². The highest BCUT2D eigenvalue weighted by atomic mass is 16.7. The Hall–Kier alpha value is -4.26. The van der Waals surface area contributed by atoms with E-state index in [1.807, 2.05) is 0 Å². The van der Waals surface area contributed by atoms with E-state index in [0.29, 0.717) is 16.3 Å². The molecule has 0 atom stereocenters. The second kappa shape index (κ2) is 8.00. The molecule has 4 rings (SSSR count). The molecule has 3 amide bonds. The quantitative estimate of drug-likeness (QED) is 0.615. The highest BCUT2D eigenvalue weighted by Crippen LogP contribution is 2.23. The fourth-order valence-electron chi connectivity index (χ4n) is 3.13. The largest absolute Gasteiger partial charge is 0.352 e. The number of hydroxylamine groups is 2. The lowest BCUT2D eigenvalue weighted by atomic mass is 10.1. The van der Waals surface area contributed by atoms with Crippen LogP contribution in [0, 0.1) is 0 Å². The summed E-state index contributed by atoms with van der Waals surface area (Å²) in [6.45, 7) is -0.481. The molecule has 0 saturated carbocycles. The summed E-state index contributed by atoms with van der Waals surface area (Å²) in [6.07, 6.45) is 0. The minimum Gasteiger partial charge on any atom is -0.328 e. The van der Waals surface area contributed by atoms with E-state index in [2.05, 4.69) is 0 Å². The zero-order valence-corrected chi connectivity index (χ0v) is 15.7. The Morgan fingerprint density at radius 3 is 1.80 bits per heavy atom. The number of nitrogens with zero attached hydrogens (tertiary/aromatic N) is 2. The molecule has 0 unspecified atom stereocenters. The SMILES string of the molecule is O=C(CN(C(=O)c1ccccc1)c1ccccc1)ON1C(=O)c2ccccc2C1=O. The number of para-hydroxylation sites is 1. The third-order valence-corrected chi connectivity index (χ3v) is 4.57. The fourth-order valence-corrected chi connectivity index (χ4v) is 3.13. The van der Waals surface area contributed by atoms with Crippen LogP contribution in [-0.4, -0.2) is 35.3 Å². The van der Waals surface area contributed by atoms with E-state index >= 15 is 0 Å². The number of benzene rings is 3. The van der Waals surface area contributed by atoms with Gasteiger partial charge >= 0.3 is 5.97 Å². The first kappa shape index (κ1) is 19.1. The van der Waals surface area contributed by atoms with Gasteiger partial charge in [0.05, 0.1) is 11.1 Å². The van der Waals surface area contributed by atoms with E-state index in [1.165, 1.54) is 17.0 Å². The molecule has 3 aromatic rings. The average Bonchev–Trinajstić information content (AvgIpc) is 3.03. The van der Waals surface area contributed by atoms with Crippen molar-refractivity contribution in [2.24, 2.45) is 0 Å².